The lowest BCUT2D eigenvalue weighted by molar-refractivity contribution is -0.135. The molecule has 7 nitrogen and oxygen atoms in total. The Morgan fingerprint density at radius 1 is 0.969 bits per heavy atom. The molecule has 32 heavy (non-hydrogen) atoms. The van der Waals surface area contributed by atoms with Gasteiger partial charge in [0.2, 0.25) is 15.9 Å². The lowest BCUT2D eigenvalue weighted by Gasteiger charge is -2.36. The second-order valence-corrected chi connectivity index (χ2v) is 10.3. The molecule has 2 aromatic rings. The van der Waals surface area contributed by atoms with Crippen LogP contribution in [0.1, 0.15) is 24.2 Å². The standard InChI is InChI=1S/C22H25ClFN3O4S/c1-15(2)20(25-21(28)16-3-7-18(24)8-4-16)22(29)26-11-13-27(14-12-26)32(30,31)19-9-5-17(23)6-10-19/h3-10,15,20H,11-14H2,1-2H3,(H,25,28)/t20-/m0/s1. The summed E-state index contributed by atoms with van der Waals surface area (Å²) < 4.78 is 40.1. The number of nitrogens with one attached hydrogen (secondary N) is 1. The summed E-state index contributed by atoms with van der Waals surface area (Å²) in [6, 6.07) is 10.2. The SMILES string of the molecule is CC(C)[C@H](NC(=O)c1ccc(F)cc1)C(=O)N1CCN(S(=O)(=O)c2ccc(Cl)cc2)CC1. The molecule has 1 N–H and O–H groups in total. The summed E-state index contributed by atoms with van der Waals surface area (Å²) in [5.41, 5.74) is 0.253. The van der Waals surface area contributed by atoms with Gasteiger partial charge in [-0.15, -0.1) is 0 Å². The third-order valence-electron chi connectivity index (χ3n) is 5.33. The second-order valence-electron chi connectivity index (χ2n) is 7.89. The van der Waals surface area contributed by atoms with Crippen LogP contribution < -0.4 is 5.32 Å². The first-order valence-electron chi connectivity index (χ1n) is 10.2. The third-order valence-corrected chi connectivity index (χ3v) is 7.49. The molecule has 2 aromatic carbocycles. The second kappa shape index (κ2) is 9.97. The Hall–Kier alpha value is -2.49. The maximum Gasteiger partial charge on any atom is 0.251 e. The first-order chi connectivity index (χ1) is 15.1. The molecule has 10 heteroatoms. The predicted molar refractivity (Wildman–Crippen MR) is 119 cm³/mol. The summed E-state index contributed by atoms with van der Waals surface area (Å²) in [5, 5.41) is 3.17. The van der Waals surface area contributed by atoms with Crippen molar-refractivity contribution in [3.05, 3.63) is 64.9 Å². The summed E-state index contributed by atoms with van der Waals surface area (Å²) in [5.74, 6) is -1.40. The summed E-state index contributed by atoms with van der Waals surface area (Å²) >= 11 is 5.84. The van der Waals surface area contributed by atoms with Crippen LogP contribution in [0.3, 0.4) is 0 Å². The molecule has 0 aliphatic carbocycles. The van der Waals surface area contributed by atoms with Crippen molar-refractivity contribution in [1.29, 1.82) is 0 Å². The minimum absolute atomic E-state index is 0.146. The van der Waals surface area contributed by atoms with E-state index in [1.165, 1.54) is 52.8 Å². The summed E-state index contributed by atoms with van der Waals surface area (Å²) in [4.78, 5) is 27.3. The molecule has 2 amide bonds. The van der Waals surface area contributed by atoms with Crippen molar-refractivity contribution in [1.82, 2.24) is 14.5 Å². The number of carbonyl (C=O) groups excluding carboxylic acids is 2. The van der Waals surface area contributed by atoms with Gasteiger partial charge in [-0.1, -0.05) is 25.4 Å². The fourth-order valence-electron chi connectivity index (χ4n) is 3.44. The van der Waals surface area contributed by atoms with E-state index in [1.807, 2.05) is 13.8 Å². The van der Waals surface area contributed by atoms with Crippen LogP contribution in [-0.4, -0.2) is 61.7 Å². The quantitative estimate of drug-likeness (QED) is 0.687. The average Bonchev–Trinajstić information content (AvgIpc) is 2.77. The van der Waals surface area contributed by atoms with Gasteiger partial charge in [-0.2, -0.15) is 4.31 Å². The van der Waals surface area contributed by atoms with Crippen LogP contribution in [0.4, 0.5) is 4.39 Å². The van der Waals surface area contributed by atoms with Gasteiger partial charge in [0.05, 0.1) is 4.90 Å². The molecule has 0 radical (unpaired) electrons. The normalized spacial score (nSPS) is 16.1. The first-order valence-corrected chi connectivity index (χ1v) is 12.0. The highest BCUT2D eigenvalue weighted by atomic mass is 35.5. The Kier molecular flexibility index (Phi) is 7.53. The highest BCUT2D eigenvalue weighted by Gasteiger charge is 2.34. The number of carbonyl (C=O) groups is 2. The van der Waals surface area contributed by atoms with Gasteiger partial charge < -0.3 is 10.2 Å². The molecule has 3 rings (SSSR count). The van der Waals surface area contributed by atoms with Crippen molar-refractivity contribution < 1.29 is 22.4 Å². The molecule has 0 aromatic heterocycles. The average molecular weight is 482 g/mol. The van der Waals surface area contributed by atoms with E-state index in [0.29, 0.717) is 5.02 Å². The molecular formula is C22H25ClFN3O4S. The zero-order chi connectivity index (χ0) is 23.5. The maximum absolute atomic E-state index is 13.1. The molecule has 0 unspecified atom stereocenters. The van der Waals surface area contributed by atoms with Gasteiger partial charge in [-0.3, -0.25) is 9.59 Å². The fraction of sp³-hybridized carbons (Fsp3) is 0.364. The van der Waals surface area contributed by atoms with E-state index in [1.54, 1.807) is 4.90 Å². The van der Waals surface area contributed by atoms with Crippen molar-refractivity contribution in [2.45, 2.75) is 24.8 Å². The Bertz CT molecular complexity index is 1070. The lowest BCUT2D eigenvalue weighted by atomic mass is 10.0. The van der Waals surface area contributed by atoms with E-state index < -0.39 is 27.8 Å². The third kappa shape index (κ3) is 5.46. The van der Waals surface area contributed by atoms with Crippen molar-refractivity contribution in [2.24, 2.45) is 5.92 Å². The molecule has 1 aliphatic heterocycles. The van der Waals surface area contributed by atoms with Crippen LogP contribution in [0.25, 0.3) is 0 Å². The number of hydrogen-bond acceptors (Lipinski definition) is 4. The Morgan fingerprint density at radius 3 is 2.06 bits per heavy atom. The van der Waals surface area contributed by atoms with Crippen LogP contribution >= 0.6 is 11.6 Å². The Morgan fingerprint density at radius 2 is 1.53 bits per heavy atom. The number of halogens is 2. The molecule has 0 bridgehead atoms. The Balaban J connectivity index is 1.65. The number of hydrogen-bond donors (Lipinski definition) is 1. The predicted octanol–water partition coefficient (Wildman–Crippen LogP) is 2.77. The lowest BCUT2D eigenvalue weighted by Crippen LogP contribution is -2.57. The highest BCUT2D eigenvalue weighted by molar-refractivity contribution is 7.89. The highest BCUT2D eigenvalue weighted by Crippen LogP contribution is 2.20. The van der Waals surface area contributed by atoms with E-state index >= 15 is 0 Å². The molecule has 1 fully saturated rings. The molecule has 1 saturated heterocycles. The smallest absolute Gasteiger partial charge is 0.251 e. The minimum atomic E-state index is -3.69. The summed E-state index contributed by atoms with van der Waals surface area (Å²) in [7, 11) is -3.69. The number of benzene rings is 2. The number of sulfonamides is 1. The van der Waals surface area contributed by atoms with Gasteiger partial charge in [-0.25, -0.2) is 12.8 Å². The van der Waals surface area contributed by atoms with Crippen molar-refractivity contribution in [3.63, 3.8) is 0 Å². The number of amides is 2. The van der Waals surface area contributed by atoms with Gasteiger partial charge in [0, 0.05) is 36.8 Å². The van der Waals surface area contributed by atoms with Crippen LogP contribution in [0.2, 0.25) is 5.02 Å². The van der Waals surface area contributed by atoms with Crippen LogP contribution in [0.5, 0.6) is 0 Å². The van der Waals surface area contributed by atoms with Gasteiger partial charge in [0.1, 0.15) is 11.9 Å². The first kappa shape index (κ1) is 24.2. The maximum atomic E-state index is 13.1. The molecule has 0 saturated carbocycles. The van der Waals surface area contributed by atoms with Crippen LogP contribution in [0.15, 0.2) is 53.4 Å². The zero-order valence-corrected chi connectivity index (χ0v) is 19.4. The number of rotatable bonds is 6. The molecule has 1 atom stereocenters. The van der Waals surface area contributed by atoms with E-state index in [2.05, 4.69) is 5.32 Å². The van der Waals surface area contributed by atoms with Crippen molar-refractivity contribution >= 4 is 33.4 Å². The fourth-order valence-corrected chi connectivity index (χ4v) is 4.99. The van der Waals surface area contributed by atoms with Crippen molar-refractivity contribution in [2.75, 3.05) is 26.2 Å². The topological polar surface area (TPSA) is 86.8 Å². The van der Waals surface area contributed by atoms with Gasteiger partial charge in [0.15, 0.2) is 0 Å². The van der Waals surface area contributed by atoms with E-state index in [4.69, 9.17) is 11.6 Å². The molecule has 1 heterocycles. The number of nitrogens with zero attached hydrogens (tertiary/aromatic N) is 2. The number of piperazine rings is 1. The molecule has 1 aliphatic rings. The minimum Gasteiger partial charge on any atom is -0.340 e. The Labute approximate surface area is 192 Å². The van der Waals surface area contributed by atoms with Gasteiger partial charge in [0.25, 0.3) is 5.91 Å². The monoisotopic (exact) mass is 481 g/mol. The van der Waals surface area contributed by atoms with E-state index in [-0.39, 0.29) is 48.5 Å². The summed E-state index contributed by atoms with van der Waals surface area (Å²) in [6.07, 6.45) is 0. The molecular weight excluding hydrogens is 457 g/mol. The van der Waals surface area contributed by atoms with Crippen LogP contribution in [-0.2, 0) is 14.8 Å². The zero-order valence-electron chi connectivity index (χ0n) is 17.8. The van der Waals surface area contributed by atoms with Gasteiger partial charge in [-0.05, 0) is 54.4 Å². The van der Waals surface area contributed by atoms with E-state index in [0.717, 1.165) is 0 Å². The largest absolute Gasteiger partial charge is 0.340 e. The van der Waals surface area contributed by atoms with Gasteiger partial charge >= 0.3 is 0 Å². The van der Waals surface area contributed by atoms with E-state index in [9.17, 15) is 22.4 Å². The molecule has 172 valence electrons. The van der Waals surface area contributed by atoms with Crippen molar-refractivity contribution in [3.8, 4) is 0 Å². The molecule has 0 spiro atoms. The van der Waals surface area contributed by atoms with Crippen LogP contribution in [0, 0.1) is 11.7 Å². The summed E-state index contributed by atoms with van der Waals surface area (Å²) in [6.45, 7) is 4.34.